The molecule has 0 aliphatic heterocycles. The topological polar surface area (TPSA) is 95.6 Å². The van der Waals surface area contributed by atoms with Crippen LogP contribution in [0.3, 0.4) is 0 Å². The van der Waals surface area contributed by atoms with Crippen molar-refractivity contribution >= 4 is 17.0 Å². The molecular formula is C26H26N6. The average molecular weight is 423 g/mol. The normalized spacial score (nSPS) is 10.6. The van der Waals surface area contributed by atoms with Crippen LogP contribution < -0.4 is 11.5 Å². The van der Waals surface area contributed by atoms with Gasteiger partial charge in [0, 0.05) is 30.2 Å². The Bertz CT molecular complexity index is 1320. The largest absolute Gasteiger partial charge is 0.383 e. The number of nitrogen functional groups attached to an aromatic ring is 1. The Morgan fingerprint density at radius 2 is 1.59 bits per heavy atom. The van der Waals surface area contributed by atoms with Crippen LogP contribution in [0.5, 0.6) is 0 Å². The maximum Gasteiger partial charge on any atom is 0.164 e. The molecule has 3 aromatic heterocycles. The van der Waals surface area contributed by atoms with Crippen LogP contribution in [0.15, 0.2) is 85.2 Å². The fourth-order valence-corrected chi connectivity index (χ4v) is 3.57. The smallest absolute Gasteiger partial charge is 0.164 e. The van der Waals surface area contributed by atoms with Crippen molar-refractivity contribution in [1.82, 2.24) is 19.5 Å². The summed E-state index contributed by atoms with van der Waals surface area (Å²) in [5.41, 5.74) is 18.4. The van der Waals surface area contributed by atoms with Gasteiger partial charge >= 0.3 is 0 Å². The van der Waals surface area contributed by atoms with Crippen molar-refractivity contribution in [2.45, 2.75) is 20.4 Å². The van der Waals surface area contributed by atoms with Crippen LogP contribution in [0.4, 0.5) is 5.82 Å². The predicted octanol–water partition coefficient (Wildman–Crippen LogP) is 5.22. The number of pyridine rings is 2. The van der Waals surface area contributed by atoms with Crippen molar-refractivity contribution in [3.8, 4) is 28.2 Å². The third-order valence-corrected chi connectivity index (χ3v) is 5.11. The van der Waals surface area contributed by atoms with Crippen LogP contribution in [-0.4, -0.2) is 19.5 Å². The first-order valence-corrected chi connectivity index (χ1v) is 10.7. The number of anilines is 1. The van der Waals surface area contributed by atoms with Crippen LogP contribution >= 0.6 is 0 Å². The zero-order chi connectivity index (χ0) is 22.5. The summed E-state index contributed by atoms with van der Waals surface area (Å²) in [5, 5.41) is 0. The third-order valence-electron chi connectivity index (χ3n) is 5.11. The summed E-state index contributed by atoms with van der Waals surface area (Å²) in [5.74, 6) is 1.13. The molecule has 0 fully saturated rings. The molecular weight excluding hydrogens is 396 g/mol. The number of rotatable bonds is 4. The highest BCUT2D eigenvalue weighted by Crippen LogP contribution is 2.32. The number of hydrogen-bond acceptors (Lipinski definition) is 5. The van der Waals surface area contributed by atoms with Gasteiger partial charge in [-0.15, -0.1) is 0 Å². The minimum absolute atomic E-state index is 0.427. The van der Waals surface area contributed by atoms with Gasteiger partial charge in [0.2, 0.25) is 0 Å². The zero-order valence-corrected chi connectivity index (χ0v) is 18.2. The Morgan fingerprint density at radius 3 is 2.28 bits per heavy atom. The fourth-order valence-electron chi connectivity index (χ4n) is 3.57. The third kappa shape index (κ3) is 3.96. The number of imidazole rings is 1. The molecule has 0 aliphatic carbocycles. The number of fused-ring (bicyclic) bond motifs is 1. The van der Waals surface area contributed by atoms with Crippen LogP contribution in [0.25, 0.3) is 39.4 Å². The van der Waals surface area contributed by atoms with E-state index in [0.29, 0.717) is 18.2 Å². The maximum absolute atomic E-state index is 6.19. The van der Waals surface area contributed by atoms with Crippen LogP contribution in [-0.2, 0) is 6.54 Å². The summed E-state index contributed by atoms with van der Waals surface area (Å²) in [6, 6.07) is 24.0. The van der Waals surface area contributed by atoms with E-state index in [2.05, 4.69) is 23.2 Å². The molecule has 0 aliphatic rings. The highest BCUT2D eigenvalue weighted by Gasteiger charge is 2.18. The molecule has 0 amide bonds. The molecule has 6 nitrogen and oxygen atoms in total. The molecule has 4 N–H and O–H groups in total. The predicted molar refractivity (Wildman–Crippen MR) is 131 cm³/mol. The summed E-state index contributed by atoms with van der Waals surface area (Å²) in [4.78, 5) is 13.9. The Morgan fingerprint density at radius 1 is 0.844 bits per heavy atom. The van der Waals surface area contributed by atoms with Crippen LogP contribution in [0.1, 0.15) is 19.4 Å². The van der Waals surface area contributed by atoms with E-state index in [9.17, 15) is 0 Å². The average Bonchev–Trinajstić information content (AvgIpc) is 3.24. The quantitative estimate of drug-likeness (QED) is 0.414. The lowest BCUT2D eigenvalue weighted by Crippen LogP contribution is -2.02. The summed E-state index contributed by atoms with van der Waals surface area (Å²) < 4.78 is 2.01. The molecule has 160 valence electrons. The Kier molecular flexibility index (Phi) is 6.24. The van der Waals surface area contributed by atoms with Gasteiger partial charge in [0.25, 0.3) is 0 Å². The number of aromatic nitrogens is 4. The molecule has 0 unspecified atom stereocenters. The van der Waals surface area contributed by atoms with Gasteiger partial charge in [-0.25, -0.2) is 15.0 Å². The van der Waals surface area contributed by atoms with Gasteiger partial charge in [-0.3, -0.25) is 4.57 Å². The van der Waals surface area contributed by atoms with E-state index in [1.54, 1.807) is 6.20 Å². The summed E-state index contributed by atoms with van der Waals surface area (Å²) in [6.45, 7) is 4.49. The summed E-state index contributed by atoms with van der Waals surface area (Å²) >= 11 is 0. The number of nitrogens with two attached hydrogens (primary N) is 2. The van der Waals surface area contributed by atoms with Gasteiger partial charge in [0.15, 0.2) is 11.5 Å². The van der Waals surface area contributed by atoms with Crippen molar-refractivity contribution in [2.24, 2.45) is 5.73 Å². The highest BCUT2D eigenvalue weighted by molar-refractivity contribution is 5.85. The summed E-state index contributed by atoms with van der Waals surface area (Å²) in [6.07, 6.45) is 3.55. The Hall–Kier alpha value is -4.03. The van der Waals surface area contributed by atoms with E-state index in [0.717, 1.165) is 39.1 Å². The molecule has 0 spiro atoms. The van der Waals surface area contributed by atoms with Gasteiger partial charge in [-0.05, 0) is 41.5 Å². The molecule has 5 rings (SSSR count). The van der Waals surface area contributed by atoms with E-state index < -0.39 is 0 Å². The SMILES string of the molecule is CC.NCc1ccc(-n2c(-c3cccnc3N)nc3cc(-c4ccccc4)cnc32)cc1. The second-order valence-electron chi connectivity index (χ2n) is 7.01. The van der Waals surface area contributed by atoms with E-state index in [-0.39, 0.29) is 0 Å². The molecule has 0 radical (unpaired) electrons. The van der Waals surface area contributed by atoms with Gasteiger partial charge in [-0.1, -0.05) is 56.3 Å². The zero-order valence-electron chi connectivity index (χ0n) is 18.2. The summed E-state index contributed by atoms with van der Waals surface area (Å²) in [7, 11) is 0. The first-order chi connectivity index (χ1) is 15.7. The van der Waals surface area contributed by atoms with Gasteiger partial charge in [-0.2, -0.15) is 0 Å². The first kappa shape index (κ1) is 21.2. The monoisotopic (exact) mass is 422 g/mol. The molecule has 5 aromatic rings. The number of nitrogens with zero attached hydrogens (tertiary/aromatic N) is 4. The van der Waals surface area contributed by atoms with Gasteiger partial charge < -0.3 is 11.5 Å². The molecule has 3 heterocycles. The Labute approximate surface area is 187 Å². The van der Waals surface area contributed by atoms with Gasteiger partial charge in [0.05, 0.1) is 5.56 Å². The van der Waals surface area contributed by atoms with E-state index in [4.69, 9.17) is 21.4 Å². The van der Waals surface area contributed by atoms with E-state index in [1.807, 2.05) is 79.2 Å². The minimum atomic E-state index is 0.427. The lowest BCUT2D eigenvalue weighted by atomic mass is 10.1. The molecule has 0 saturated heterocycles. The number of hydrogen-bond donors (Lipinski definition) is 2. The minimum Gasteiger partial charge on any atom is -0.383 e. The van der Waals surface area contributed by atoms with Crippen molar-refractivity contribution < 1.29 is 0 Å². The molecule has 32 heavy (non-hydrogen) atoms. The molecule has 0 saturated carbocycles. The lowest BCUT2D eigenvalue weighted by Gasteiger charge is -2.11. The fraction of sp³-hybridized carbons (Fsp3) is 0.115. The van der Waals surface area contributed by atoms with E-state index >= 15 is 0 Å². The van der Waals surface area contributed by atoms with Crippen molar-refractivity contribution in [1.29, 1.82) is 0 Å². The molecule has 2 aromatic carbocycles. The van der Waals surface area contributed by atoms with Crippen molar-refractivity contribution in [3.63, 3.8) is 0 Å². The van der Waals surface area contributed by atoms with E-state index in [1.165, 1.54) is 0 Å². The molecule has 6 heteroatoms. The lowest BCUT2D eigenvalue weighted by molar-refractivity contribution is 1.05. The Balaban J connectivity index is 0.00000119. The second kappa shape index (κ2) is 9.41. The van der Waals surface area contributed by atoms with Crippen molar-refractivity contribution in [2.75, 3.05) is 5.73 Å². The molecule has 0 atom stereocenters. The standard InChI is InChI=1S/C24H20N6.C2H6/c25-14-16-8-10-19(11-9-16)30-23(20-7-4-12-27-22(20)26)29-21-13-18(15-28-24(21)30)17-5-2-1-3-6-17;1-2/h1-13,15H,14,25H2,(H2,26,27);1-2H3. The number of benzene rings is 2. The molecule has 0 bridgehead atoms. The first-order valence-electron chi connectivity index (χ1n) is 10.7. The maximum atomic E-state index is 6.19. The second-order valence-corrected chi connectivity index (χ2v) is 7.01. The van der Waals surface area contributed by atoms with Gasteiger partial charge in [0.1, 0.15) is 11.3 Å². The van der Waals surface area contributed by atoms with Crippen molar-refractivity contribution in [3.05, 3.63) is 90.8 Å². The highest BCUT2D eigenvalue weighted by atomic mass is 15.1. The van der Waals surface area contributed by atoms with Crippen LogP contribution in [0.2, 0.25) is 0 Å². The van der Waals surface area contributed by atoms with Crippen LogP contribution in [0, 0.1) is 0 Å².